The number of hydrogen-bond acceptors (Lipinski definition) is 4. The smallest absolute Gasteiger partial charge is 0.406 e. The minimum atomic E-state index is -4.88. The van der Waals surface area contributed by atoms with E-state index in [1.165, 1.54) is 0 Å². The number of anilines is 1. The molecule has 10 heteroatoms. The van der Waals surface area contributed by atoms with E-state index in [4.69, 9.17) is 0 Å². The van der Waals surface area contributed by atoms with Crippen LogP contribution in [0.15, 0.2) is 36.4 Å². The van der Waals surface area contributed by atoms with Crippen molar-refractivity contribution < 1.29 is 27.1 Å². The summed E-state index contributed by atoms with van der Waals surface area (Å²) in [6, 6.07) is 7.53. The first-order valence-corrected chi connectivity index (χ1v) is 9.35. The molecule has 3 N–H and O–H groups in total. The van der Waals surface area contributed by atoms with Gasteiger partial charge in [0.15, 0.2) is 5.82 Å². The number of benzene rings is 2. The van der Waals surface area contributed by atoms with Gasteiger partial charge in [-0.05, 0) is 55.3 Å². The molecule has 1 atom stereocenters. The number of nitrogens with one attached hydrogen (secondary N) is 3. The third kappa shape index (κ3) is 4.38. The zero-order valence-electron chi connectivity index (χ0n) is 15.6. The molecule has 2 aromatic carbocycles. The van der Waals surface area contributed by atoms with Crippen LogP contribution in [0.5, 0.6) is 5.75 Å². The molecule has 3 aromatic rings. The molecule has 158 valence electrons. The fourth-order valence-corrected chi connectivity index (χ4v) is 3.49. The number of aromatic amines is 1. The summed E-state index contributed by atoms with van der Waals surface area (Å²) in [5.74, 6) is -1.30. The second-order valence-electron chi connectivity index (χ2n) is 7.05. The van der Waals surface area contributed by atoms with E-state index in [0.29, 0.717) is 23.0 Å². The molecule has 0 spiro atoms. The fraction of sp³-hybridized carbons (Fsp3) is 0.300. The maximum absolute atomic E-state index is 14.3. The lowest BCUT2D eigenvalue weighted by Crippen LogP contribution is -2.37. The highest BCUT2D eigenvalue weighted by atomic mass is 19.4. The van der Waals surface area contributed by atoms with E-state index in [0.717, 1.165) is 37.6 Å². The first-order chi connectivity index (χ1) is 14.3. The maximum Gasteiger partial charge on any atom is 0.573 e. The van der Waals surface area contributed by atoms with E-state index in [-0.39, 0.29) is 23.2 Å². The number of alkyl halides is 3. The van der Waals surface area contributed by atoms with Crippen LogP contribution in [0, 0.1) is 11.7 Å². The molecule has 30 heavy (non-hydrogen) atoms. The Morgan fingerprint density at radius 3 is 2.77 bits per heavy atom. The first-order valence-electron chi connectivity index (χ1n) is 9.35. The average Bonchev–Trinajstić information content (AvgIpc) is 3.11. The number of piperidine rings is 1. The maximum atomic E-state index is 14.3. The molecule has 0 saturated carbocycles. The van der Waals surface area contributed by atoms with Crippen molar-refractivity contribution in [2.75, 3.05) is 18.4 Å². The topological polar surface area (TPSA) is 79.0 Å². The summed E-state index contributed by atoms with van der Waals surface area (Å²) in [6.07, 6.45) is -3.21. The van der Waals surface area contributed by atoms with Gasteiger partial charge >= 0.3 is 6.36 Å². The van der Waals surface area contributed by atoms with Crippen LogP contribution >= 0.6 is 0 Å². The number of halogens is 4. The highest BCUT2D eigenvalue weighted by molar-refractivity contribution is 6.01. The number of rotatable bonds is 4. The standard InChI is InChI=1S/C20H18F4N4O2/c21-16-5-4-13(30-20(22,23)24)9-14(16)11-3-6-17-15(8-11)18(28-27-17)26-19(29)12-2-1-7-25-10-12/h3-6,8-9,12,25H,1-2,7,10H2,(H2,26,27,28,29)/t12-/m1/s1. The Morgan fingerprint density at radius 1 is 1.20 bits per heavy atom. The SMILES string of the molecule is O=C(Nc1n[nH]c2ccc(-c3cc(OC(F)(F)F)ccc3F)cc12)[C@@H]1CCCNC1. The van der Waals surface area contributed by atoms with Crippen molar-refractivity contribution in [2.24, 2.45) is 5.92 Å². The van der Waals surface area contributed by atoms with Crippen molar-refractivity contribution in [3.05, 3.63) is 42.2 Å². The largest absolute Gasteiger partial charge is 0.573 e. The fourth-order valence-electron chi connectivity index (χ4n) is 3.49. The summed E-state index contributed by atoms with van der Waals surface area (Å²) >= 11 is 0. The molecule has 4 rings (SSSR count). The van der Waals surface area contributed by atoms with Crippen molar-refractivity contribution in [1.82, 2.24) is 15.5 Å². The van der Waals surface area contributed by atoms with Gasteiger partial charge in [0.1, 0.15) is 11.6 Å². The summed E-state index contributed by atoms with van der Waals surface area (Å²) in [5.41, 5.74) is 0.858. The molecule has 1 aliphatic heterocycles. The Balaban J connectivity index is 1.64. The van der Waals surface area contributed by atoms with Gasteiger partial charge in [0.05, 0.1) is 11.4 Å². The molecular formula is C20H18F4N4O2. The van der Waals surface area contributed by atoms with Gasteiger partial charge < -0.3 is 15.4 Å². The molecule has 0 aliphatic carbocycles. The molecule has 1 fully saturated rings. The van der Waals surface area contributed by atoms with Gasteiger partial charge in [0, 0.05) is 17.5 Å². The average molecular weight is 422 g/mol. The number of nitrogens with zero attached hydrogens (tertiary/aromatic N) is 1. The molecule has 1 saturated heterocycles. The summed E-state index contributed by atoms with van der Waals surface area (Å²) in [4.78, 5) is 12.5. The molecule has 2 heterocycles. The third-order valence-corrected chi connectivity index (χ3v) is 4.95. The number of carbonyl (C=O) groups is 1. The van der Waals surface area contributed by atoms with Gasteiger partial charge in [0.25, 0.3) is 0 Å². The third-order valence-electron chi connectivity index (χ3n) is 4.95. The monoisotopic (exact) mass is 422 g/mol. The Morgan fingerprint density at radius 2 is 2.03 bits per heavy atom. The number of H-pyrrole nitrogens is 1. The van der Waals surface area contributed by atoms with Crippen molar-refractivity contribution in [1.29, 1.82) is 0 Å². The van der Waals surface area contributed by atoms with Crippen LogP contribution in [0.1, 0.15) is 12.8 Å². The second kappa shape index (κ2) is 7.94. The predicted molar refractivity (Wildman–Crippen MR) is 102 cm³/mol. The van der Waals surface area contributed by atoms with E-state index in [9.17, 15) is 22.4 Å². The highest BCUT2D eigenvalue weighted by Gasteiger charge is 2.31. The molecule has 0 radical (unpaired) electrons. The Bertz CT molecular complexity index is 1070. The lowest BCUT2D eigenvalue weighted by molar-refractivity contribution is -0.274. The van der Waals surface area contributed by atoms with Crippen LogP contribution in [0.25, 0.3) is 22.0 Å². The van der Waals surface area contributed by atoms with Gasteiger partial charge in [-0.15, -0.1) is 13.2 Å². The van der Waals surface area contributed by atoms with Gasteiger partial charge in [-0.25, -0.2) is 4.39 Å². The molecule has 0 bridgehead atoms. The van der Waals surface area contributed by atoms with Gasteiger partial charge in [0.2, 0.25) is 5.91 Å². The molecule has 1 aromatic heterocycles. The lowest BCUT2D eigenvalue weighted by Gasteiger charge is -2.21. The molecule has 6 nitrogen and oxygen atoms in total. The van der Waals surface area contributed by atoms with E-state index in [1.807, 2.05) is 0 Å². The molecular weight excluding hydrogens is 404 g/mol. The van der Waals surface area contributed by atoms with E-state index >= 15 is 0 Å². The van der Waals surface area contributed by atoms with Crippen LogP contribution in [0.3, 0.4) is 0 Å². The zero-order valence-corrected chi connectivity index (χ0v) is 15.6. The summed E-state index contributed by atoms with van der Waals surface area (Å²) < 4.78 is 55.7. The normalized spacial score (nSPS) is 17.1. The Kier molecular flexibility index (Phi) is 5.33. The van der Waals surface area contributed by atoms with E-state index in [2.05, 4.69) is 25.6 Å². The molecule has 1 aliphatic rings. The Labute approximate surface area is 168 Å². The van der Waals surface area contributed by atoms with E-state index < -0.39 is 17.9 Å². The van der Waals surface area contributed by atoms with Crippen molar-refractivity contribution >= 4 is 22.6 Å². The van der Waals surface area contributed by atoms with Gasteiger partial charge in [-0.2, -0.15) is 5.10 Å². The van der Waals surface area contributed by atoms with Crippen molar-refractivity contribution in [3.8, 4) is 16.9 Å². The van der Waals surface area contributed by atoms with Gasteiger partial charge in [-0.3, -0.25) is 9.89 Å². The second-order valence-corrected chi connectivity index (χ2v) is 7.05. The predicted octanol–water partition coefficient (Wildman–Crippen LogP) is 4.21. The number of hydrogen-bond donors (Lipinski definition) is 3. The molecule has 0 unspecified atom stereocenters. The number of amides is 1. The van der Waals surface area contributed by atoms with Gasteiger partial charge in [-0.1, -0.05) is 6.07 Å². The summed E-state index contributed by atoms with van der Waals surface area (Å²) in [5, 5.41) is 13.4. The highest BCUT2D eigenvalue weighted by Crippen LogP contribution is 2.33. The van der Waals surface area contributed by atoms with E-state index in [1.54, 1.807) is 18.2 Å². The zero-order chi connectivity index (χ0) is 21.3. The van der Waals surface area contributed by atoms with Crippen LogP contribution in [-0.2, 0) is 4.79 Å². The minimum Gasteiger partial charge on any atom is -0.406 e. The van der Waals surface area contributed by atoms with Crippen LogP contribution in [0.2, 0.25) is 0 Å². The van der Waals surface area contributed by atoms with Crippen molar-refractivity contribution in [3.63, 3.8) is 0 Å². The summed E-state index contributed by atoms with van der Waals surface area (Å²) in [6.45, 7) is 1.46. The minimum absolute atomic E-state index is 0.0615. The van der Waals surface area contributed by atoms with Crippen LogP contribution < -0.4 is 15.4 Å². The number of ether oxygens (including phenoxy) is 1. The number of carbonyl (C=O) groups excluding carboxylic acids is 1. The number of fused-ring (bicyclic) bond motifs is 1. The summed E-state index contributed by atoms with van der Waals surface area (Å²) in [7, 11) is 0. The number of aromatic nitrogens is 2. The van der Waals surface area contributed by atoms with Crippen LogP contribution in [-0.4, -0.2) is 35.6 Å². The molecule has 1 amide bonds. The first kappa shape index (κ1) is 20.1. The lowest BCUT2D eigenvalue weighted by atomic mass is 9.99. The Hall–Kier alpha value is -3.14. The van der Waals surface area contributed by atoms with Crippen LogP contribution in [0.4, 0.5) is 23.4 Å². The van der Waals surface area contributed by atoms with Crippen molar-refractivity contribution in [2.45, 2.75) is 19.2 Å². The quantitative estimate of drug-likeness (QED) is 0.551.